The minimum atomic E-state index is 0.684. The van der Waals surface area contributed by atoms with E-state index in [0.717, 1.165) is 18.2 Å². The van der Waals surface area contributed by atoms with Crippen molar-refractivity contribution in [3.05, 3.63) is 0 Å². The molecule has 14 heavy (non-hydrogen) atoms. The highest BCUT2D eigenvalue weighted by atomic mass is 32.2. The molecule has 0 saturated heterocycles. The molecule has 1 saturated carbocycles. The number of nitriles is 1. The van der Waals surface area contributed by atoms with Crippen LogP contribution in [0.5, 0.6) is 0 Å². The normalized spacial score (nSPS) is 27.1. The number of unbranched alkanes of at least 4 members (excludes halogenated alkanes) is 1. The Morgan fingerprint density at radius 3 is 2.93 bits per heavy atom. The topological polar surface area (TPSA) is 35.8 Å². The molecule has 2 unspecified atom stereocenters. The second-order valence-corrected chi connectivity index (χ2v) is 4.96. The molecule has 2 nitrogen and oxygen atoms in total. The van der Waals surface area contributed by atoms with Gasteiger partial charge in [-0.3, -0.25) is 0 Å². The Bertz CT molecular complexity index is 188. The molecule has 1 rings (SSSR count). The lowest BCUT2D eigenvalue weighted by Crippen LogP contribution is -2.40. The Morgan fingerprint density at radius 2 is 2.21 bits per heavy atom. The summed E-state index contributed by atoms with van der Waals surface area (Å²) >= 11 is 1.99. The lowest BCUT2D eigenvalue weighted by Gasteiger charge is -2.31. The largest absolute Gasteiger partial charge is 0.313 e. The van der Waals surface area contributed by atoms with Crippen LogP contribution in [-0.2, 0) is 0 Å². The fourth-order valence-electron chi connectivity index (χ4n) is 2.07. The van der Waals surface area contributed by atoms with Crippen molar-refractivity contribution in [3.8, 4) is 6.07 Å². The van der Waals surface area contributed by atoms with Crippen molar-refractivity contribution in [2.45, 2.75) is 49.8 Å². The molecule has 1 N–H and O–H groups in total. The van der Waals surface area contributed by atoms with Crippen molar-refractivity contribution in [2.75, 3.05) is 12.8 Å². The van der Waals surface area contributed by atoms with Crippen LogP contribution in [0.1, 0.15) is 38.5 Å². The van der Waals surface area contributed by atoms with Crippen molar-refractivity contribution < 1.29 is 0 Å². The van der Waals surface area contributed by atoms with E-state index >= 15 is 0 Å². The molecule has 2 atom stereocenters. The average molecular weight is 212 g/mol. The third-order valence-electron chi connectivity index (χ3n) is 2.88. The van der Waals surface area contributed by atoms with Crippen LogP contribution < -0.4 is 5.32 Å². The molecule has 0 spiro atoms. The first-order valence-electron chi connectivity index (χ1n) is 5.51. The van der Waals surface area contributed by atoms with Crippen molar-refractivity contribution >= 4 is 11.8 Å². The van der Waals surface area contributed by atoms with E-state index in [-0.39, 0.29) is 0 Å². The third kappa shape index (κ3) is 3.89. The summed E-state index contributed by atoms with van der Waals surface area (Å²) in [5.41, 5.74) is 0. The summed E-state index contributed by atoms with van der Waals surface area (Å²) in [6.45, 7) is 1.01. The zero-order chi connectivity index (χ0) is 10.2. The Balaban J connectivity index is 2.17. The molecule has 0 aromatic rings. The zero-order valence-electron chi connectivity index (χ0n) is 8.96. The van der Waals surface area contributed by atoms with Crippen molar-refractivity contribution in [1.29, 1.82) is 5.26 Å². The standard InChI is InChI=1S/C11H20N2S/c1-14-11-7-3-2-6-10(11)13-9-5-4-8-12/h10-11,13H,2-7,9H2,1H3. The first-order chi connectivity index (χ1) is 6.88. The quantitative estimate of drug-likeness (QED) is 0.711. The van der Waals surface area contributed by atoms with Gasteiger partial charge in [0.25, 0.3) is 0 Å². The average Bonchev–Trinajstić information content (AvgIpc) is 2.25. The number of rotatable bonds is 5. The highest BCUT2D eigenvalue weighted by molar-refractivity contribution is 7.99. The Hall–Kier alpha value is -0.200. The van der Waals surface area contributed by atoms with Crippen LogP contribution >= 0.6 is 11.8 Å². The van der Waals surface area contributed by atoms with Crippen molar-refractivity contribution in [2.24, 2.45) is 0 Å². The van der Waals surface area contributed by atoms with Gasteiger partial charge in [-0.25, -0.2) is 0 Å². The molecule has 0 aromatic carbocycles. The summed E-state index contributed by atoms with van der Waals surface area (Å²) in [5, 5.41) is 12.8. The molecule has 0 aliphatic heterocycles. The fraction of sp³-hybridized carbons (Fsp3) is 0.909. The molecule has 0 aromatic heterocycles. The summed E-state index contributed by atoms with van der Waals surface area (Å²) in [6.07, 6.45) is 9.32. The number of nitrogens with one attached hydrogen (secondary N) is 1. The maximum Gasteiger partial charge on any atom is 0.0622 e. The first kappa shape index (κ1) is 11.9. The van der Waals surface area contributed by atoms with Crippen LogP contribution in [-0.4, -0.2) is 24.1 Å². The molecule has 0 amide bonds. The number of thioether (sulfide) groups is 1. The third-order valence-corrected chi connectivity index (χ3v) is 4.05. The maximum atomic E-state index is 8.42. The van der Waals surface area contributed by atoms with Gasteiger partial charge in [0.2, 0.25) is 0 Å². The molecule has 3 heteroatoms. The van der Waals surface area contributed by atoms with Gasteiger partial charge in [0, 0.05) is 17.7 Å². The van der Waals surface area contributed by atoms with E-state index in [1.54, 1.807) is 0 Å². The number of nitrogens with zero attached hydrogens (tertiary/aromatic N) is 1. The second kappa shape index (κ2) is 7.14. The fourth-order valence-corrected chi connectivity index (χ4v) is 3.03. The lowest BCUT2D eigenvalue weighted by atomic mass is 9.95. The first-order valence-corrected chi connectivity index (χ1v) is 6.80. The lowest BCUT2D eigenvalue weighted by molar-refractivity contribution is 0.383. The summed E-state index contributed by atoms with van der Waals surface area (Å²) < 4.78 is 0. The van der Waals surface area contributed by atoms with E-state index in [1.165, 1.54) is 25.7 Å². The molecule has 0 heterocycles. The molecular formula is C11H20N2S. The Morgan fingerprint density at radius 1 is 1.43 bits per heavy atom. The van der Waals surface area contributed by atoms with Crippen LogP contribution in [0.3, 0.4) is 0 Å². The van der Waals surface area contributed by atoms with Gasteiger partial charge in [-0.2, -0.15) is 17.0 Å². The van der Waals surface area contributed by atoms with E-state index in [9.17, 15) is 0 Å². The predicted molar refractivity (Wildman–Crippen MR) is 62.4 cm³/mol. The van der Waals surface area contributed by atoms with Crippen molar-refractivity contribution in [1.82, 2.24) is 5.32 Å². The molecule has 1 aliphatic carbocycles. The summed E-state index contributed by atoms with van der Waals surface area (Å²) in [7, 11) is 0. The van der Waals surface area contributed by atoms with Crippen molar-refractivity contribution in [3.63, 3.8) is 0 Å². The van der Waals surface area contributed by atoms with Crippen LogP contribution in [0.2, 0.25) is 0 Å². The maximum absolute atomic E-state index is 8.42. The van der Waals surface area contributed by atoms with Crippen LogP contribution in [0.15, 0.2) is 0 Å². The number of hydrogen-bond donors (Lipinski definition) is 1. The molecular weight excluding hydrogens is 192 g/mol. The highest BCUT2D eigenvalue weighted by Crippen LogP contribution is 2.26. The van der Waals surface area contributed by atoms with E-state index in [2.05, 4.69) is 17.6 Å². The molecule has 0 radical (unpaired) electrons. The van der Waals surface area contributed by atoms with E-state index in [0.29, 0.717) is 12.5 Å². The highest BCUT2D eigenvalue weighted by Gasteiger charge is 2.23. The van der Waals surface area contributed by atoms with Gasteiger partial charge >= 0.3 is 0 Å². The Labute approximate surface area is 91.4 Å². The smallest absolute Gasteiger partial charge is 0.0622 e. The van der Waals surface area contributed by atoms with Gasteiger partial charge in [0.05, 0.1) is 6.07 Å². The second-order valence-electron chi connectivity index (χ2n) is 3.88. The van der Waals surface area contributed by atoms with Crippen LogP contribution in [0.25, 0.3) is 0 Å². The number of hydrogen-bond acceptors (Lipinski definition) is 3. The predicted octanol–water partition coefficient (Wildman–Crippen LogP) is 2.55. The minimum Gasteiger partial charge on any atom is -0.313 e. The van der Waals surface area contributed by atoms with Gasteiger partial charge in [0.15, 0.2) is 0 Å². The zero-order valence-corrected chi connectivity index (χ0v) is 9.78. The molecule has 80 valence electrons. The van der Waals surface area contributed by atoms with E-state index in [4.69, 9.17) is 5.26 Å². The van der Waals surface area contributed by atoms with Gasteiger partial charge < -0.3 is 5.32 Å². The van der Waals surface area contributed by atoms with Gasteiger partial charge in [-0.05, 0) is 32.1 Å². The van der Waals surface area contributed by atoms with Crippen LogP contribution in [0, 0.1) is 11.3 Å². The molecule has 1 aliphatic rings. The minimum absolute atomic E-state index is 0.684. The summed E-state index contributed by atoms with van der Waals surface area (Å²) in [6, 6.07) is 2.88. The van der Waals surface area contributed by atoms with Gasteiger partial charge in [-0.15, -0.1) is 0 Å². The van der Waals surface area contributed by atoms with E-state index in [1.807, 2.05) is 11.8 Å². The van der Waals surface area contributed by atoms with Gasteiger partial charge in [0.1, 0.15) is 0 Å². The summed E-state index contributed by atoms with van der Waals surface area (Å²) in [5.74, 6) is 0. The van der Waals surface area contributed by atoms with E-state index < -0.39 is 0 Å². The van der Waals surface area contributed by atoms with Crippen LogP contribution in [0.4, 0.5) is 0 Å². The summed E-state index contributed by atoms with van der Waals surface area (Å²) in [4.78, 5) is 0. The monoisotopic (exact) mass is 212 g/mol. The Kier molecular flexibility index (Phi) is 6.05. The van der Waals surface area contributed by atoms with Gasteiger partial charge in [-0.1, -0.05) is 12.8 Å². The SMILES string of the molecule is CSC1CCCCC1NCCCC#N. The molecule has 0 bridgehead atoms. The molecule has 1 fully saturated rings.